The molecule has 0 amide bonds. The lowest BCUT2D eigenvalue weighted by Crippen LogP contribution is -2.15. The molecule has 2 aromatic carbocycles. The molecular formula is C19H22O3. The van der Waals surface area contributed by atoms with E-state index in [2.05, 4.69) is 0 Å². The van der Waals surface area contributed by atoms with Crippen molar-refractivity contribution in [3.63, 3.8) is 0 Å². The van der Waals surface area contributed by atoms with Crippen molar-refractivity contribution in [2.45, 2.75) is 39.9 Å². The molecule has 0 aliphatic rings. The number of para-hydroxylation sites is 1. The predicted octanol–water partition coefficient (Wildman–Crippen LogP) is 4.71. The van der Waals surface area contributed by atoms with Gasteiger partial charge in [0, 0.05) is 5.56 Å². The monoisotopic (exact) mass is 298 g/mol. The standard InChI is InChI=1S/C19H22O3/c1-13(2)21-18-16(15-9-6-5-7-10-15)11-8-12-17(18)19(20)22-14(3)4/h5-14H,1-4H3. The summed E-state index contributed by atoms with van der Waals surface area (Å²) in [6, 6.07) is 15.4. The zero-order valence-corrected chi connectivity index (χ0v) is 13.5. The highest BCUT2D eigenvalue weighted by atomic mass is 16.5. The molecule has 0 saturated carbocycles. The predicted molar refractivity (Wildman–Crippen MR) is 88.2 cm³/mol. The van der Waals surface area contributed by atoms with E-state index in [-0.39, 0.29) is 18.2 Å². The Morgan fingerprint density at radius 3 is 2.14 bits per heavy atom. The van der Waals surface area contributed by atoms with Gasteiger partial charge in [-0.3, -0.25) is 0 Å². The Hall–Kier alpha value is -2.29. The van der Waals surface area contributed by atoms with E-state index in [1.54, 1.807) is 6.07 Å². The molecular weight excluding hydrogens is 276 g/mol. The number of benzene rings is 2. The Bertz CT molecular complexity index is 630. The summed E-state index contributed by atoms with van der Waals surface area (Å²) in [5.41, 5.74) is 2.37. The second-order valence-corrected chi connectivity index (χ2v) is 5.67. The van der Waals surface area contributed by atoms with Gasteiger partial charge in [-0.05, 0) is 39.3 Å². The lowest BCUT2D eigenvalue weighted by Gasteiger charge is -2.18. The fourth-order valence-electron chi connectivity index (χ4n) is 2.18. The molecule has 22 heavy (non-hydrogen) atoms. The fraction of sp³-hybridized carbons (Fsp3) is 0.316. The van der Waals surface area contributed by atoms with E-state index in [1.807, 2.05) is 70.2 Å². The van der Waals surface area contributed by atoms with Crippen LogP contribution < -0.4 is 4.74 Å². The fourth-order valence-corrected chi connectivity index (χ4v) is 2.18. The third kappa shape index (κ3) is 3.88. The van der Waals surface area contributed by atoms with Gasteiger partial charge in [0.2, 0.25) is 0 Å². The molecule has 0 atom stereocenters. The number of hydrogen-bond acceptors (Lipinski definition) is 3. The van der Waals surface area contributed by atoms with Crippen LogP contribution in [-0.2, 0) is 4.74 Å². The van der Waals surface area contributed by atoms with Gasteiger partial charge in [0.25, 0.3) is 0 Å². The van der Waals surface area contributed by atoms with Crippen LogP contribution >= 0.6 is 0 Å². The molecule has 0 spiro atoms. The number of hydrogen-bond donors (Lipinski definition) is 0. The van der Waals surface area contributed by atoms with Crippen LogP contribution in [0.5, 0.6) is 5.75 Å². The SMILES string of the molecule is CC(C)OC(=O)c1cccc(-c2ccccc2)c1OC(C)C. The number of rotatable bonds is 5. The van der Waals surface area contributed by atoms with E-state index in [4.69, 9.17) is 9.47 Å². The van der Waals surface area contributed by atoms with Gasteiger partial charge in [0.1, 0.15) is 11.3 Å². The molecule has 0 aromatic heterocycles. The van der Waals surface area contributed by atoms with Gasteiger partial charge >= 0.3 is 5.97 Å². The van der Waals surface area contributed by atoms with Crippen molar-refractivity contribution in [1.82, 2.24) is 0 Å². The van der Waals surface area contributed by atoms with Gasteiger partial charge in [-0.15, -0.1) is 0 Å². The Labute approximate surface area is 131 Å². The van der Waals surface area contributed by atoms with Crippen LogP contribution in [0, 0.1) is 0 Å². The van der Waals surface area contributed by atoms with Crippen LogP contribution in [0.2, 0.25) is 0 Å². The Morgan fingerprint density at radius 1 is 0.864 bits per heavy atom. The molecule has 116 valence electrons. The van der Waals surface area contributed by atoms with Gasteiger partial charge in [0.15, 0.2) is 0 Å². The molecule has 3 heteroatoms. The summed E-state index contributed by atoms with van der Waals surface area (Å²) >= 11 is 0. The molecule has 0 radical (unpaired) electrons. The van der Waals surface area contributed by atoms with Crippen molar-refractivity contribution < 1.29 is 14.3 Å². The van der Waals surface area contributed by atoms with Gasteiger partial charge in [-0.1, -0.05) is 42.5 Å². The smallest absolute Gasteiger partial charge is 0.342 e. The van der Waals surface area contributed by atoms with Gasteiger partial charge in [-0.2, -0.15) is 0 Å². The molecule has 0 unspecified atom stereocenters. The maximum atomic E-state index is 12.3. The first-order chi connectivity index (χ1) is 10.5. The highest BCUT2D eigenvalue weighted by molar-refractivity contribution is 5.95. The van der Waals surface area contributed by atoms with Crippen LogP contribution in [-0.4, -0.2) is 18.2 Å². The molecule has 0 saturated heterocycles. The zero-order valence-electron chi connectivity index (χ0n) is 13.5. The van der Waals surface area contributed by atoms with E-state index in [0.29, 0.717) is 11.3 Å². The average Bonchev–Trinajstić information content (AvgIpc) is 2.47. The molecule has 0 bridgehead atoms. The topological polar surface area (TPSA) is 35.5 Å². The van der Waals surface area contributed by atoms with Crippen LogP contribution in [0.3, 0.4) is 0 Å². The minimum absolute atomic E-state index is 0.0320. The minimum atomic E-state index is -0.358. The lowest BCUT2D eigenvalue weighted by atomic mass is 10.0. The van der Waals surface area contributed by atoms with Crippen molar-refractivity contribution in [1.29, 1.82) is 0 Å². The van der Waals surface area contributed by atoms with Gasteiger partial charge < -0.3 is 9.47 Å². The maximum absolute atomic E-state index is 12.3. The summed E-state index contributed by atoms with van der Waals surface area (Å²) in [7, 11) is 0. The highest BCUT2D eigenvalue weighted by Crippen LogP contribution is 2.34. The van der Waals surface area contributed by atoms with E-state index < -0.39 is 0 Å². The molecule has 0 aliphatic heterocycles. The van der Waals surface area contributed by atoms with Gasteiger partial charge in [-0.25, -0.2) is 4.79 Å². The second-order valence-electron chi connectivity index (χ2n) is 5.67. The molecule has 0 N–H and O–H groups in total. The zero-order chi connectivity index (χ0) is 16.1. The summed E-state index contributed by atoms with van der Waals surface area (Å²) in [4.78, 5) is 12.3. The first-order valence-electron chi connectivity index (χ1n) is 7.55. The first-order valence-corrected chi connectivity index (χ1v) is 7.55. The summed E-state index contributed by atoms with van der Waals surface area (Å²) in [6.45, 7) is 7.56. The first kappa shape index (κ1) is 16.1. The van der Waals surface area contributed by atoms with E-state index in [9.17, 15) is 4.79 Å². The number of carbonyl (C=O) groups is 1. The summed E-state index contributed by atoms with van der Waals surface area (Å²) in [5, 5.41) is 0. The highest BCUT2D eigenvalue weighted by Gasteiger charge is 2.20. The third-order valence-corrected chi connectivity index (χ3v) is 3.02. The summed E-state index contributed by atoms with van der Waals surface area (Å²) < 4.78 is 11.3. The molecule has 0 heterocycles. The van der Waals surface area contributed by atoms with Crippen molar-refractivity contribution in [2.24, 2.45) is 0 Å². The van der Waals surface area contributed by atoms with E-state index in [1.165, 1.54) is 0 Å². The van der Waals surface area contributed by atoms with Crippen molar-refractivity contribution in [3.8, 4) is 16.9 Å². The Kier molecular flexibility index (Phi) is 5.21. The quantitative estimate of drug-likeness (QED) is 0.750. The van der Waals surface area contributed by atoms with Crippen molar-refractivity contribution >= 4 is 5.97 Å². The number of esters is 1. The van der Waals surface area contributed by atoms with Crippen molar-refractivity contribution in [2.75, 3.05) is 0 Å². The molecule has 2 aromatic rings. The lowest BCUT2D eigenvalue weighted by molar-refractivity contribution is 0.0372. The molecule has 0 aliphatic carbocycles. The molecule has 3 nitrogen and oxygen atoms in total. The van der Waals surface area contributed by atoms with Crippen molar-refractivity contribution in [3.05, 3.63) is 54.1 Å². The Morgan fingerprint density at radius 2 is 1.55 bits per heavy atom. The minimum Gasteiger partial charge on any atom is -0.489 e. The molecule has 0 fully saturated rings. The third-order valence-electron chi connectivity index (χ3n) is 3.02. The average molecular weight is 298 g/mol. The summed E-state index contributed by atoms with van der Waals surface area (Å²) in [5.74, 6) is 0.220. The van der Waals surface area contributed by atoms with Crippen LogP contribution in [0.25, 0.3) is 11.1 Å². The van der Waals surface area contributed by atoms with Crippen LogP contribution in [0.1, 0.15) is 38.1 Å². The number of carbonyl (C=O) groups excluding carboxylic acids is 1. The van der Waals surface area contributed by atoms with Crippen LogP contribution in [0.4, 0.5) is 0 Å². The summed E-state index contributed by atoms with van der Waals surface area (Å²) in [6.07, 6.45) is -0.199. The Balaban J connectivity index is 2.52. The largest absolute Gasteiger partial charge is 0.489 e. The second kappa shape index (κ2) is 7.12. The number of ether oxygens (including phenoxy) is 2. The molecule has 2 rings (SSSR count). The van der Waals surface area contributed by atoms with E-state index >= 15 is 0 Å². The van der Waals surface area contributed by atoms with E-state index in [0.717, 1.165) is 11.1 Å². The maximum Gasteiger partial charge on any atom is 0.342 e. The van der Waals surface area contributed by atoms with Crippen LogP contribution in [0.15, 0.2) is 48.5 Å². The normalized spacial score (nSPS) is 10.8. The van der Waals surface area contributed by atoms with Gasteiger partial charge in [0.05, 0.1) is 12.2 Å².